The fraction of sp³-hybridized carbons (Fsp3) is 0.474. The van der Waals surface area contributed by atoms with Crippen molar-refractivity contribution in [3.05, 3.63) is 34.4 Å². The number of benzene rings is 1. The lowest BCUT2D eigenvalue weighted by molar-refractivity contribution is -0.112. The monoisotopic (exact) mass is 297 g/mol. The number of hydrogen-bond donors (Lipinski definition) is 1. The first-order chi connectivity index (χ1) is 10.3. The summed E-state index contributed by atoms with van der Waals surface area (Å²) in [5.41, 5.74) is 4.09. The molecule has 1 N–H and O–H groups in total. The van der Waals surface area contributed by atoms with Gasteiger partial charge in [0, 0.05) is 17.8 Å². The average Bonchev–Trinajstić information content (AvgIpc) is 2.60. The molecular formula is C19H23NO2. The van der Waals surface area contributed by atoms with Crippen molar-refractivity contribution in [2.24, 2.45) is 5.92 Å². The maximum atomic E-state index is 12.7. The molecule has 1 aromatic carbocycles. The second-order valence-corrected chi connectivity index (χ2v) is 7.28. The normalized spacial score (nSPS) is 20.0. The van der Waals surface area contributed by atoms with Crippen LogP contribution in [0.4, 0.5) is 5.69 Å². The molecule has 0 amide bonds. The summed E-state index contributed by atoms with van der Waals surface area (Å²) in [6.07, 6.45) is 4.02. The standard InChI is InChI=1S/C19H23NO2/c1-11(2)13-10-12-6-7-14-16(15(12)18(22)17(13)21)20-9-5-8-19(14,3)4/h6-7,10-11,20H,5,8-9H2,1-4H3. The zero-order chi connectivity index (χ0) is 16.1. The van der Waals surface area contributed by atoms with Crippen molar-refractivity contribution in [3.8, 4) is 0 Å². The Kier molecular flexibility index (Phi) is 3.47. The lowest BCUT2D eigenvalue weighted by atomic mass is 9.76. The first kappa shape index (κ1) is 15.0. The van der Waals surface area contributed by atoms with Crippen LogP contribution in [0.15, 0.2) is 17.7 Å². The Hall–Kier alpha value is -1.90. The summed E-state index contributed by atoms with van der Waals surface area (Å²) in [7, 11) is 0. The molecule has 0 saturated carbocycles. The van der Waals surface area contributed by atoms with Gasteiger partial charge in [0.25, 0.3) is 0 Å². The van der Waals surface area contributed by atoms with Crippen LogP contribution in [0, 0.1) is 5.92 Å². The molecule has 1 aliphatic heterocycles. The van der Waals surface area contributed by atoms with Crippen LogP contribution >= 0.6 is 0 Å². The van der Waals surface area contributed by atoms with Crippen LogP contribution in [0.1, 0.15) is 62.0 Å². The highest BCUT2D eigenvalue weighted by molar-refractivity contribution is 6.52. The third-order valence-electron chi connectivity index (χ3n) is 4.88. The van der Waals surface area contributed by atoms with Gasteiger partial charge in [0.1, 0.15) is 0 Å². The van der Waals surface area contributed by atoms with Gasteiger partial charge in [-0.25, -0.2) is 0 Å². The van der Waals surface area contributed by atoms with Gasteiger partial charge in [-0.2, -0.15) is 0 Å². The van der Waals surface area contributed by atoms with Gasteiger partial charge in [0.15, 0.2) is 0 Å². The molecule has 22 heavy (non-hydrogen) atoms. The number of nitrogens with one attached hydrogen (secondary N) is 1. The summed E-state index contributed by atoms with van der Waals surface area (Å²) >= 11 is 0. The Morgan fingerprint density at radius 3 is 2.55 bits per heavy atom. The molecule has 0 bridgehead atoms. The minimum Gasteiger partial charge on any atom is -0.384 e. The molecule has 1 aliphatic carbocycles. The number of carbonyl (C=O) groups excluding carboxylic acids is 2. The van der Waals surface area contributed by atoms with E-state index < -0.39 is 0 Å². The molecule has 1 aromatic rings. The second-order valence-electron chi connectivity index (χ2n) is 7.28. The third kappa shape index (κ3) is 2.20. The molecule has 0 saturated heterocycles. The zero-order valence-electron chi connectivity index (χ0n) is 13.7. The quantitative estimate of drug-likeness (QED) is 0.798. The molecule has 1 heterocycles. The summed E-state index contributed by atoms with van der Waals surface area (Å²) in [4.78, 5) is 25.1. The first-order valence-corrected chi connectivity index (χ1v) is 8.05. The van der Waals surface area contributed by atoms with Gasteiger partial charge in [-0.1, -0.05) is 39.8 Å². The van der Waals surface area contributed by atoms with E-state index in [2.05, 4.69) is 25.2 Å². The van der Waals surface area contributed by atoms with Gasteiger partial charge in [-0.05, 0) is 41.4 Å². The summed E-state index contributed by atoms with van der Waals surface area (Å²) < 4.78 is 0. The highest BCUT2D eigenvalue weighted by Gasteiger charge is 2.35. The fourth-order valence-corrected chi connectivity index (χ4v) is 3.52. The Balaban J connectivity index is 2.26. The van der Waals surface area contributed by atoms with Crippen LogP contribution in [0.5, 0.6) is 0 Å². The average molecular weight is 297 g/mol. The fourth-order valence-electron chi connectivity index (χ4n) is 3.52. The van der Waals surface area contributed by atoms with Crippen molar-refractivity contribution >= 4 is 23.3 Å². The molecule has 0 unspecified atom stereocenters. The van der Waals surface area contributed by atoms with Crippen LogP contribution in [0.2, 0.25) is 0 Å². The number of fused-ring (bicyclic) bond motifs is 3. The van der Waals surface area contributed by atoms with E-state index >= 15 is 0 Å². The van der Waals surface area contributed by atoms with E-state index in [0.717, 1.165) is 36.2 Å². The van der Waals surface area contributed by atoms with Gasteiger partial charge in [0.2, 0.25) is 11.6 Å². The largest absolute Gasteiger partial charge is 0.384 e. The maximum Gasteiger partial charge on any atom is 0.235 e. The number of hydrogen-bond acceptors (Lipinski definition) is 3. The van der Waals surface area contributed by atoms with Crippen LogP contribution in [-0.4, -0.2) is 18.1 Å². The number of ketones is 2. The molecule has 3 heteroatoms. The zero-order valence-corrected chi connectivity index (χ0v) is 13.7. The molecule has 116 valence electrons. The van der Waals surface area contributed by atoms with E-state index in [9.17, 15) is 9.59 Å². The van der Waals surface area contributed by atoms with Gasteiger partial charge >= 0.3 is 0 Å². The summed E-state index contributed by atoms with van der Waals surface area (Å²) in [5.74, 6) is -0.643. The lowest BCUT2D eigenvalue weighted by Gasteiger charge is -2.28. The molecular weight excluding hydrogens is 274 g/mol. The van der Waals surface area contributed by atoms with Gasteiger partial charge in [-0.15, -0.1) is 0 Å². The van der Waals surface area contributed by atoms with Crippen molar-refractivity contribution in [2.45, 2.75) is 46.0 Å². The molecule has 0 radical (unpaired) electrons. The van der Waals surface area contributed by atoms with Crippen LogP contribution in [0.3, 0.4) is 0 Å². The Morgan fingerprint density at radius 2 is 1.86 bits per heavy atom. The predicted octanol–water partition coefficient (Wildman–Crippen LogP) is 3.97. The van der Waals surface area contributed by atoms with E-state index in [0.29, 0.717) is 11.1 Å². The molecule has 2 aliphatic rings. The van der Waals surface area contributed by atoms with E-state index in [1.165, 1.54) is 0 Å². The van der Waals surface area contributed by atoms with Crippen molar-refractivity contribution in [3.63, 3.8) is 0 Å². The maximum absolute atomic E-state index is 12.7. The van der Waals surface area contributed by atoms with Crippen LogP contribution < -0.4 is 5.32 Å². The third-order valence-corrected chi connectivity index (χ3v) is 4.88. The Labute approximate surface area is 131 Å². The SMILES string of the molecule is CC(C)C1=Cc2ccc3c(c2C(=O)C1=O)NCCCC3(C)C. The summed E-state index contributed by atoms with van der Waals surface area (Å²) in [5, 5.41) is 3.40. The minimum absolute atomic E-state index is 0.0131. The van der Waals surface area contributed by atoms with Crippen molar-refractivity contribution < 1.29 is 9.59 Å². The summed E-state index contributed by atoms with van der Waals surface area (Å²) in [6.45, 7) is 9.15. The van der Waals surface area contributed by atoms with E-state index in [4.69, 9.17) is 0 Å². The number of anilines is 1. The number of rotatable bonds is 1. The molecule has 3 rings (SSSR count). The number of allylic oxidation sites excluding steroid dienone is 1. The molecule has 0 aromatic heterocycles. The second kappa shape index (κ2) is 5.08. The van der Waals surface area contributed by atoms with E-state index in [-0.39, 0.29) is 22.9 Å². The highest BCUT2D eigenvalue weighted by atomic mass is 16.2. The molecule has 3 nitrogen and oxygen atoms in total. The minimum atomic E-state index is -0.358. The van der Waals surface area contributed by atoms with E-state index in [1.807, 2.05) is 26.0 Å². The number of Topliss-reactive ketones (excluding diaryl/α,β-unsaturated/α-hetero) is 2. The smallest absolute Gasteiger partial charge is 0.235 e. The first-order valence-electron chi connectivity index (χ1n) is 8.05. The predicted molar refractivity (Wildman–Crippen MR) is 89.3 cm³/mol. The van der Waals surface area contributed by atoms with Gasteiger partial charge < -0.3 is 5.32 Å². The van der Waals surface area contributed by atoms with Gasteiger partial charge in [0.05, 0.1) is 5.56 Å². The lowest BCUT2D eigenvalue weighted by Crippen LogP contribution is -2.26. The van der Waals surface area contributed by atoms with E-state index in [1.54, 1.807) is 0 Å². The molecule has 0 spiro atoms. The highest BCUT2D eigenvalue weighted by Crippen LogP contribution is 2.41. The molecule has 0 fully saturated rings. The summed E-state index contributed by atoms with van der Waals surface area (Å²) in [6, 6.07) is 4.11. The van der Waals surface area contributed by atoms with Crippen molar-refractivity contribution in [1.82, 2.24) is 0 Å². The van der Waals surface area contributed by atoms with Gasteiger partial charge in [-0.3, -0.25) is 9.59 Å². The number of carbonyl (C=O) groups is 2. The van der Waals surface area contributed by atoms with Crippen molar-refractivity contribution in [1.29, 1.82) is 0 Å². The van der Waals surface area contributed by atoms with Crippen LogP contribution in [0.25, 0.3) is 6.08 Å². The Morgan fingerprint density at radius 1 is 1.14 bits per heavy atom. The van der Waals surface area contributed by atoms with Crippen molar-refractivity contribution in [2.75, 3.05) is 11.9 Å². The topological polar surface area (TPSA) is 46.2 Å². The Bertz CT molecular complexity index is 696. The molecule has 0 atom stereocenters. The van der Waals surface area contributed by atoms with Crippen LogP contribution in [-0.2, 0) is 10.2 Å².